The molecule has 1 aromatic carbocycles. The minimum absolute atomic E-state index is 0.250. The van der Waals surface area contributed by atoms with Crippen LogP contribution >= 0.6 is 0 Å². The number of ketones is 1. The number of fused-ring (bicyclic) bond motifs is 1. The van der Waals surface area contributed by atoms with Crippen molar-refractivity contribution in [1.82, 2.24) is 14.9 Å². The van der Waals surface area contributed by atoms with Crippen LogP contribution in [0.2, 0.25) is 0 Å². The van der Waals surface area contributed by atoms with Crippen molar-refractivity contribution in [3.05, 3.63) is 30.1 Å². The molecule has 106 valence electrons. The van der Waals surface area contributed by atoms with Crippen LogP contribution in [0.4, 0.5) is 0 Å². The Bertz CT molecular complexity index is 638. The van der Waals surface area contributed by atoms with Crippen LogP contribution in [0.1, 0.15) is 32.5 Å². The number of Topliss-reactive ketones (excluding diaryl/α,β-unsaturated/α-hetero) is 1. The zero-order valence-electron chi connectivity index (χ0n) is 12.1. The summed E-state index contributed by atoms with van der Waals surface area (Å²) in [5.74, 6) is 1.13. The lowest BCUT2D eigenvalue weighted by atomic mass is 9.92. The van der Waals surface area contributed by atoms with Gasteiger partial charge < -0.3 is 9.88 Å². The first-order valence-electron chi connectivity index (χ1n) is 7.36. The van der Waals surface area contributed by atoms with E-state index in [0.29, 0.717) is 6.42 Å². The third-order valence-electron chi connectivity index (χ3n) is 4.35. The van der Waals surface area contributed by atoms with E-state index in [9.17, 15) is 4.79 Å². The Hall–Kier alpha value is -1.68. The highest BCUT2D eigenvalue weighted by molar-refractivity contribution is 5.90. The van der Waals surface area contributed by atoms with Crippen LogP contribution in [-0.2, 0) is 17.8 Å². The lowest BCUT2D eigenvalue weighted by Crippen LogP contribution is -2.45. The molecule has 1 aromatic heterocycles. The predicted octanol–water partition coefficient (Wildman–Crippen LogP) is 2.31. The summed E-state index contributed by atoms with van der Waals surface area (Å²) in [6.07, 6.45) is 2.41. The highest BCUT2D eigenvalue weighted by Crippen LogP contribution is 2.23. The number of rotatable bonds is 4. The van der Waals surface area contributed by atoms with Gasteiger partial charge in [-0.05, 0) is 45.4 Å². The number of benzene rings is 1. The summed E-state index contributed by atoms with van der Waals surface area (Å²) in [4.78, 5) is 17.2. The maximum Gasteiger partial charge on any atom is 0.160 e. The van der Waals surface area contributed by atoms with E-state index in [1.165, 1.54) is 0 Å². The number of para-hydroxylation sites is 2. The van der Waals surface area contributed by atoms with Crippen molar-refractivity contribution >= 4 is 16.8 Å². The van der Waals surface area contributed by atoms with Crippen molar-refractivity contribution in [3.8, 4) is 0 Å². The summed E-state index contributed by atoms with van der Waals surface area (Å²) >= 11 is 0. The molecule has 0 radical (unpaired) electrons. The Morgan fingerprint density at radius 2 is 2.25 bits per heavy atom. The first kappa shape index (κ1) is 13.3. The summed E-state index contributed by atoms with van der Waals surface area (Å²) in [5.41, 5.74) is 1.72. The van der Waals surface area contributed by atoms with Crippen LogP contribution in [-0.4, -0.2) is 27.4 Å². The number of carbonyl (C=O) groups is 1. The molecule has 1 aliphatic rings. The molecule has 1 saturated heterocycles. The maximum absolute atomic E-state index is 12.6. The molecule has 2 aromatic rings. The number of hydrogen-bond donors (Lipinski definition) is 1. The van der Waals surface area contributed by atoms with E-state index in [-0.39, 0.29) is 11.3 Å². The van der Waals surface area contributed by atoms with E-state index >= 15 is 0 Å². The zero-order chi connectivity index (χ0) is 14.2. The molecule has 0 aliphatic carbocycles. The first-order chi connectivity index (χ1) is 9.64. The minimum atomic E-state index is -0.364. The van der Waals surface area contributed by atoms with Crippen LogP contribution in [0, 0.1) is 0 Å². The molecular formula is C16H21N3O. The number of aryl methyl sites for hydroxylation is 1. The molecule has 20 heavy (non-hydrogen) atoms. The second-order valence-corrected chi connectivity index (χ2v) is 5.72. The second kappa shape index (κ2) is 5.02. The largest absolute Gasteiger partial charge is 0.328 e. The van der Waals surface area contributed by atoms with Gasteiger partial charge in [0.1, 0.15) is 5.82 Å². The van der Waals surface area contributed by atoms with E-state index in [2.05, 4.69) is 27.9 Å². The van der Waals surface area contributed by atoms with Crippen LogP contribution < -0.4 is 5.32 Å². The average Bonchev–Trinajstić information content (AvgIpc) is 3.03. The zero-order valence-corrected chi connectivity index (χ0v) is 12.1. The summed E-state index contributed by atoms with van der Waals surface area (Å²) in [5, 5.41) is 3.34. The van der Waals surface area contributed by atoms with Crippen LogP contribution in [0.25, 0.3) is 11.0 Å². The van der Waals surface area contributed by atoms with Gasteiger partial charge in [0.25, 0.3) is 0 Å². The molecule has 1 N–H and O–H groups in total. The Morgan fingerprint density at radius 1 is 1.45 bits per heavy atom. The molecule has 3 rings (SSSR count). The number of imidazole rings is 1. The second-order valence-electron chi connectivity index (χ2n) is 5.72. The molecule has 1 fully saturated rings. The summed E-state index contributed by atoms with van der Waals surface area (Å²) in [7, 11) is 0. The molecule has 1 aliphatic heterocycles. The normalized spacial score (nSPS) is 22.5. The summed E-state index contributed by atoms with van der Waals surface area (Å²) in [6.45, 7) is 5.89. The number of carbonyl (C=O) groups excluding carboxylic acids is 1. The SMILES string of the molecule is CCn1c(CC(=O)C2(C)CCCN2)nc2ccccc21. The lowest BCUT2D eigenvalue weighted by Gasteiger charge is -2.22. The molecule has 4 nitrogen and oxygen atoms in total. The molecule has 2 heterocycles. The standard InChI is InChI=1S/C16H21N3O/c1-3-19-13-8-5-4-7-12(13)18-15(19)11-14(20)16(2)9-6-10-17-16/h4-5,7-8,17H,3,6,9-11H2,1-2H3. The molecule has 0 spiro atoms. The Balaban J connectivity index is 1.92. The van der Waals surface area contributed by atoms with Gasteiger partial charge in [-0.15, -0.1) is 0 Å². The van der Waals surface area contributed by atoms with E-state index in [0.717, 1.165) is 42.8 Å². The fraction of sp³-hybridized carbons (Fsp3) is 0.500. The summed E-state index contributed by atoms with van der Waals surface area (Å²) in [6, 6.07) is 8.07. The van der Waals surface area contributed by atoms with Gasteiger partial charge in [0.15, 0.2) is 5.78 Å². The number of nitrogens with zero attached hydrogens (tertiary/aromatic N) is 2. The first-order valence-corrected chi connectivity index (χ1v) is 7.36. The van der Waals surface area contributed by atoms with Gasteiger partial charge in [0, 0.05) is 6.54 Å². The van der Waals surface area contributed by atoms with Crippen LogP contribution in [0.3, 0.4) is 0 Å². The van der Waals surface area contributed by atoms with Crippen LogP contribution in [0.15, 0.2) is 24.3 Å². The van der Waals surface area contributed by atoms with Crippen molar-refractivity contribution in [2.45, 2.75) is 45.2 Å². The molecule has 0 bridgehead atoms. The van der Waals surface area contributed by atoms with Gasteiger partial charge in [0.05, 0.1) is 23.0 Å². The van der Waals surface area contributed by atoms with E-state index in [1.807, 2.05) is 25.1 Å². The van der Waals surface area contributed by atoms with Crippen molar-refractivity contribution in [2.75, 3.05) is 6.54 Å². The predicted molar refractivity (Wildman–Crippen MR) is 79.8 cm³/mol. The third kappa shape index (κ3) is 2.14. The van der Waals surface area contributed by atoms with Crippen LogP contribution in [0.5, 0.6) is 0 Å². The Labute approximate surface area is 119 Å². The summed E-state index contributed by atoms with van der Waals surface area (Å²) < 4.78 is 2.14. The van der Waals surface area contributed by atoms with E-state index in [1.54, 1.807) is 0 Å². The molecule has 0 saturated carbocycles. The number of nitrogens with one attached hydrogen (secondary N) is 1. The molecule has 0 amide bonds. The van der Waals surface area contributed by atoms with E-state index in [4.69, 9.17) is 0 Å². The number of aromatic nitrogens is 2. The highest BCUT2D eigenvalue weighted by Gasteiger charge is 2.36. The smallest absolute Gasteiger partial charge is 0.160 e. The quantitative estimate of drug-likeness (QED) is 0.928. The molecule has 4 heteroatoms. The maximum atomic E-state index is 12.6. The van der Waals surface area contributed by atoms with Crippen molar-refractivity contribution in [1.29, 1.82) is 0 Å². The van der Waals surface area contributed by atoms with Gasteiger partial charge in [-0.2, -0.15) is 0 Å². The van der Waals surface area contributed by atoms with Gasteiger partial charge in [-0.1, -0.05) is 12.1 Å². The highest BCUT2D eigenvalue weighted by atomic mass is 16.1. The third-order valence-corrected chi connectivity index (χ3v) is 4.35. The monoisotopic (exact) mass is 271 g/mol. The van der Waals surface area contributed by atoms with Gasteiger partial charge in [-0.3, -0.25) is 4.79 Å². The average molecular weight is 271 g/mol. The lowest BCUT2D eigenvalue weighted by molar-refractivity contribution is -0.123. The van der Waals surface area contributed by atoms with Crippen molar-refractivity contribution in [2.24, 2.45) is 0 Å². The van der Waals surface area contributed by atoms with Gasteiger partial charge in [0.2, 0.25) is 0 Å². The number of hydrogen-bond acceptors (Lipinski definition) is 3. The Morgan fingerprint density at radius 3 is 2.95 bits per heavy atom. The van der Waals surface area contributed by atoms with Crippen molar-refractivity contribution < 1.29 is 4.79 Å². The fourth-order valence-electron chi connectivity index (χ4n) is 3.08. The Kier molecular flexibility index (Phi) is 3.34. The molecule has 1 unspecified atom stereocenters. The van der Waals surface area contributed by atoms with Gasteiger partial charge in [-0.25, -0.2) is 4.98 Å². The van der Waals surface area contributed by atoms with Gasteiger partial charge >= 0.3 is 0 Å². The molecular weight excluding hydrogens is 250 g/mol. The fourth-order valence-corrected chi connectivity index (χ4v) is 3.08. The topological polar surface area (TPSA) is 46.9 Å². The van der Waals surface area contributed by atoms with E-state index < -0.39 is 0 Å². The molecule has 1 atom stereocenters. The van der Waals surface area contributed by atoms with Crippen molar-refractivity contribution in [3.63, 3.8) is 0 Å². The minimum Gasteiger partial charge on any atom is -0.328 e.